The summed E-state index contributed by atoms with van der Waals surface area (Å²) in [6, 6.07) is 25.5. The molecule has 4 heteroatoms. The fourth-order valence-electron chi connectivity index (χ4n) is 2.82. The van der Waals surface area contributed by atoms with Crippen LogP contribution in [-0.2, 0) is 0 Å². The minimum absolute atomic E-state index is 0.242. The number of benzene rings is 3. The smallest absolute Gasteiger partial charge is 0.140 e. The van der Waals surface area contributed by atoms with Crippen molar-refractivity contribution >= 4 is 11.0 Å². The molecule has 0 amide bonds. The van der Waals surface area contributed by atoms with Gasteiger partial charge in [0.1, 0.15) is 17.3 Å². The van der Waals surface area contributed by atoms with Gasteiger partial charge in [0, 0.05) is 5.56 Å². The first-order valence-corrected chi connectivity index (χ1v) is 8.35. The standard InChI is InChI=1S/C22H17N3O/c1-26-19-14-12-18(13-15-19)21(16-11-17-7-3-2-4-8-17)25-22-10-6-5-9-20(22)23-24-25/h2-10,12-15,21H,1H3. The zero-order valence-corrected chi connectivity index (χ0v) is 14.3. The fourth-order valence-corrected chi connectivity index (χ4v) is 2.82. The lowest BCUT2D eigenvalue weighted by Crippen LogP contribution is -2.10. The van der Waals surface area contributed by atoms with Crippen LogP contribution in [-0.4, -0.2) is 22.1 Å². The molecular formula is C22H17N3O. The van der Waals surface area contributed by atoms with Gasteiger partial charge in [-0.1, -0.05) is 59.5 Å². The van der Waals surface area contributed by atoms with E-state index in [9.17, 15) is 0 Å². The Morgan fingerprint density at radius 1 is 0.885 bits per heavy atom. The third-order valence-corrected chi connectivity index (χ3v) is 4.18. The predicted molar refractivity (Wildman–Crippen MR) is 102 cm³/mol. The first kappa shape index (κ1) is 15.9. The molecule has 0 saturated heterocycles. The van der Waals surface area contributed by atoms with Crippen molar-refractivity contribution < 1.29 is 4.74 Å². The van der Waals surface area contributed by atoms with Gasteiger partial charge in [0.15, 0.2) is 0 Å². The number of fused-ring (bicyclic) bond motifs is 1. The lowest BCUT2D eigenvalue weighted by Gasteiger charge is -2.13. The first-order chi connectivity index (χ1) is 12.8. The average molecular weight is 339 g/mol. The number of para-hydroxylation sites is 1. The molecule has 0 radical (unpaired) electrons. The van der Waals surface area contributed by atoms with Crippen LogP contribution in [0.2, 0.25) is 0 Å². The Hall–Kier alpha value is -3.58. The summed E-state index contributed by atoms with van der Waals surface area (Å²) in [6.07, 6.45) is 0. The van der Waals surface area contributed by atoms with Crippen LogP contribution >= 0.6 is 0 Å². The summed E-state index contributed by atoms with van der Waals surface area (Å²) in [7, 11) is 1.66. The predicted octanol–water partition coefficient (Wildman–Crippen LogP) is 4.08. The van der Waals surface area contributed by atoms with Gasteiger partial charge in [0.2, 0.25) is 0 Å². The SMILES string of the molecule is COc1ccc(C(C#Cc2ccccc2)n2nnc3ccccc32)cc1. The van der Waals surface area contributed by atoms with Crippen LogP contribution in [0, 0.1) is 11.8 Å². The molecule has 1 heterocycles. The largest absolute Gasteiger partial charge is 0.497 e. The van der Waals surface area contributed by atoms with Crippen molar-refractivity contribution in [3.8, 4) is 17.6 Å². The molecule has 1 atom stereocenters. The summed E-state index contributed by atoms with van der Waals surface area (Å²) in [5.74, 6) is 7.42. The van der Waals surface area contributed by atoms with Crippen LogP contribution in [0.1, 0.15) is 17.2 Å². The van der Waals surface area contributed by atoms with E-state index in [1.54, 1.807) is 7.11 Å². The molecule has 1 unspecified atom stereocenters. The van der Waals surface area contributed by atoms with E-state index in [1.807, 2.05) is 83.5 Å². The number of ether oxygens (including phenoxy) is 1. The molecule has 26 heavy (non-hydrogen) atoms. The van der Waals surface area contributed by atoms with Gasteiger partial charge >= 0.3 is 0 Å². The summed E-state index contributed by atoms with van der Waals surface area (Å²) < 4.78 is 7.14. The van der Waals surface area contributed by atoms with E-state index in [0.29, 0.717) is 0 Å². The van der Waals surface area contributed by atoms with Gasteiger partial charge in [0.05, 0.1) is 12.6 Å². The lowest BCUT2D eigenvalue weighted by atomic mass is 10.1. The molecule has 3 aromatic carbocycles. The highest BCUT2D eigenvalue weighted by atomic mass is 16.5. The van der Waals surface area contributed by atoms with Gasteiger partial charge in [-0.2, -0.15) is 0 Å². The Balaban J connectivity index is 1.82. The van der Waals surface area contributed by atoms with Crippen molar-refractivity contribution in [2.75, 3.05) is 7.11 Å². The highest BCUT2D eigenvalue weighted by molar-refractivity contribution is 5.74. The maximum Gasteiger partial charge on any atom is 0.140 e. The summed E-state index contributed by atoms with van der Waals surface area (Å²) in [5.41, 5.74) is 3.81. The van der Waals surface area contributed by atoms with Crippen molar-refractivity contribution in [2.45, 2.75) is 6.04 Å². The van der Waals surface area contributed by atoms with Crippen molar-refractivity contribution in [1.82, 2.24) is 15.0 Å². The Morgan fingerprint density at radius 2 is 1.62 bits per heavy atom. The number of rotatable bonds is 3. The van der Waals surface area contributed by atoms with Gasteiger partial charge in [-0.25, -0.2) is 4.68 Å². The van der Waals surface area contributed by atoms with E-state index in [2.05, 4.69) is 22.2 Å². The molecular weight excluding hydrogens is 322 g/mol. The van der Waals surface area contributed by atoms with Crippen molar-refractivity contribution in [3.63, 3.8) is 0 Å². The highest BCUT2D eigenvalue weighted by Crippen LogP contribution is 2.24. The van der Waals surface area contributed by atoms with Crippen LogP contribution in [0.4, 0.5) is 0 Å². The molecule has 4 nitrogen and oxygen atoms in total. The maximum absolute atomic E-state index is 5.27. The minimum atomic E-state index is -0.242. The normalized spacial score (nSPS) is 11.6. The van der Waals surface area contributed by atoms with Crippen LogP contribution < -0.4 is 4.74 Å². The lowest BCUT2D eigenvalue weighted by molar-refractivity contribution is 0.414. The van der Waals surface area contributed by atoms with E-state index in [1.165, 1.54) is 0 Å². The summed E-state index contributed by atoms with van der Waals surface area (Å²) in [6.45, 7) is 0. The fraction of sp³-hybridized carbons (Fsp3) is 0.0909. The van der Waals surface area contributed by atoms with Crippen LogP contribution in [0.5, 0.6) is 5.75 Å². The number of nitrogens with zero attached hydrogens (tertiary/aromatic N) is 3. The zero-order chi connectivity index (χ0) is 17.8. The molecule has 4 aromatic rings. The van der Waals surface area contributed by atoms with Gasteiger partial charge in [-0.05, 0) is 42.0 Å². The molecule has 0 aliphatic rings. The van der Waals surface area contributed by atoms with Crippen LogP contribution in [0.25, 0.3) is 11.0 Å². The number of methoxy groups -OCH3 is 1. The van der Waals surface area contributed by atoms with Gasteiger partial charge in [-0.15, -0.1) is 5.10 Å². The molecule has 1 aromatic heterocycles. The Bertz CT molecular complexity index is 1070. The second kappa shape index (κ2) is 7.12. The zero-order valence-electron chi connectivity index (χ0n) is 14.3. The minimum Gasteiger partial charge on any atom is -0.497 e. The average Bonchev–Trinajstić information content (AvgIpc) is 3.13. The molecule has 0 bridgehead atoms. The van der Waals surface area contributed by atoms with E-state index < -0.39 is 0 Å². The Labute approximate surface area is 152 Å². The molecule has 0 fully saturated rings. The van der Waals surface area contributed by atoms with Crippen molar-refractivity contribution in [2.24, 2.45) is 0 Å². The second-order valence-electron chi connectivity index (χ2n) is 5.83. The molecule has 0 spiro atoms. The van der Waals surface area contributed by atoms with E-state index >= 15 is 0 Å². The molecule has 0 aliphatic carbocycles. The highest BCUT2D eigenvalue weighted by Gasteiger charge is 2.15. The summed E-state index contributed by atoms with van der Waals surface area (Å²) in [5, 5.41) is 8.63. The second-order valence-corrected chi connectivity index (χ2v) is 5.83. The summed E-state index contributed by atoms with van der Waals surface area (Å²) in [4.78, 5) is 0. The van der Waals surface area contributed by atoms with E-state index in [4.69, 9.17) is 4.74 Å². The Kier molecular flexibility index (Phi) is 4.36. The quantitative estimate of drug-likeness (QED) is 0.528. The van der Waals surface area contributed by atoms with Crippen LogP contribution in [0.3, 0.4) is 0 Å². The van der Waals surface area contributed by atoms with Gasteiger partial charge in [-0.3, -0.25) is 0 Å². The molecule has 0 aliphatic heterocycles. The monoisotopic (exact) mass is 339 g/mol. The molecule has 126 valence electrons. The first-order valence-electron chi connectivity index (χ1n) is 8.35. The topological polar surface area (TPSA) is 39.9 Å². The molecule has 0 saturated carbocycles. The van der Waals surface area contributed by atoms with Gasteiger partial charge < -0.3 is 4.74 Å². The van der Waals surface area contributed by atoms with E-state index in [-0.39, 0.29) is 6.04 Å². The number of hydrogen-bond donors (Lipinski definition) is 0. The number of aromatic nitrogens is 3. The van der Waals surface area contributed by atoms with E-state index in [0.717, 1.165) is 27.9 Å². The molecule has 4 rings (SSSR count). The molecule has 0 N–H and O–H groups in total. The summed E-state index contributed by atoms with van der Waals surface area (Å²) >= 11 is 0. The third-order valence-electron chi connectivity index (χ3n) is 4.18. The number of hydrogen-bond acceptors (Lipinski definition) is 3. The maximum atomic E-state index is 5.27. The van der Waals surface area contributed by atoms with Gasteiger partial charge in [0.25, 0.3) is 0 Å². The third kappa shape index (κ3) is 3.15. The Morgan fingerprint density at radius 3 is 2.38 bits per heavy atom. The van der Waals surface area contributed by atoms with Crippen LogP contribution in [0.15, 0.2) is 78.9 Å². The van der Waals surface area contributed by atoms with Crippen molar-refractivity contribution in [1.29, 1.82) is 0 Å². The van der Waals surface area contributed by atoms with Crippen molar-refractivity contribution in [3.05, 3.63) is 90.0 Å².